The van der Waals surface area contributed by atoms with Gasteiger partial charge in [0.2, 0.25) is 5.13 Å². The molecular formula is C21H20ClF3N4O2S. The molecule has 3 rings (SSSR count). The van der Waals surface area contributed by atoms with E-state index in [2.05, 4.69) is 20.8 Å². The molecule has 2 N–H and O–H groups in total. The van der Waals surface area contributed by atoms with Gasteiger partial charge in [0.1, 0.15) is 12.4 Å². The molecule has 0 spiro atoms. The second-order valence-electron chi connectivity index (χ2n) is 7.18. The van der Waals surface area contributed by atoms with Crippen molar-refractivity contribution in [2.45, 2.75) is 32.7 Å². The smallest absolute Gasteiger partial charge is 0.416 e. The Morgan fingerprint density at radius 1 is 1.09 bits per heavy atom. The third-order valence-corrected chi connectivity index (χ3v) is 5.48. The van der Waals surface area contributed by atoms with Crippen LogP contribution in [0.2, 0.25) is 5.02 Å². The van der Waals surface area contributed by atoms with Crippen molar-refractivity contribution in [1.82, 2.24) is 15.5 Å². The number of carbonyl (C=O) groups excluding carboxylic acids is 1. The fourth-order valence-corrected chi connectivity index (χ4v) is 3.60. The van der Waals surface area contributed by atoms with Crippen molar-refractivity contribution in [3.8, 4) is 5.75 Å². The van der Waals surface area contributed by atoms with E-state index in [1.165, 1.54) is 12.1 Å². The first-order valence-electron chi connectivity index (χ1n) is 9.57. The van der Waals surface area contributed by atoms with Crippen LogP contribution in [0.5, 0.6) is 5.75 Å². The van der Waals surface area contributed by atoms with E-state index in [4.69, 9.17) is 16.3 Å². The van der Waals surface area contributed by atoms with Crippen LogP contribution < -0.4 is 15.4 Å². The predicted octanol–water partition coefficient (Wildman–Crippen LogP) is 6.31. The summed E-state index contributed by atoms with van der Waals surface area (Å²) in [6.07, 6.45) is -4.41. The van der Waals surface area contributed by atoms with E-state index in [0.717, 1.165) is 23.5 Å². The quantitative estimate of drug-likeness (QED) is 0.412. The largest absolute Gasteiger partial charge is 0.486 e. The zero-order valence-electron chi connectivity index (χ0n) is 17.1. The SMILES string of the molecule is CC(C)C(NC(=O)Nc1nnc(COc2ccc(Cl)cc2)s1)c1ccc(C(F)(F)F)cc1. The molecule has 1 heterocycles. The summed E-state index contributed by atoms with van der Waals surface area (Å²) in [4.78, 5) is 12.4. The first kappa shape index (κ1) is 23.8. The summed E-state index contributed by atoms with van der Waals surface area (Å²) in [5, 5.41) is 14.7. The molecule has 0 aliphatic heterocycles. The van der Waals surface area contributed by atoms with E-state index in [9.17, 15) is 18.0 Å². The van der Waals surface area contributed by atoms with Gasteiger partial charge < -0.3 is 10.1 Å². The lowest BCUT2D eigenvalue weighted by molar-refractivity contribution is -0.137. The van der Waals surface area contributed by atoms with Crippen LogP contribution in [0.1, 0.15) is 36.0 Å². The van der Waals surface area contributed by atoms with Gasteiger partial charge in [-0.1, -0.05) is 48.9 Å². The van der Waals surface area contributed by atoms with Gasteiger partial charge in [0, 0.05) is 5.02 Å². The Labute approximate surface area is 191 Å². The summed E-state index contributed by atoms with van der Waals surface area (Å²) in [5.41, 5.74) is -0.173. The average molecular weight is 485 g/mol. The van der Waals surface area contributed by atoms with Crippen molar-refractivity contribution in [2.75, 3.05) is 5.32 Å². The van der Waals surface area contributed by atoms with E-state index in [0.29, 0.717) is 21.3 Å². The fraction of sp³-hybridized carbons (Fsp3) is 0.286. The maximum atomic E-state index is 12.8. The summed E-state index contributed by atoms with van der Waals surface area (Å²) in [6.45, 7) is 3.89. The van der Waals surface area contributed by atoms with Crippen molar-refractivity contribution in [1.29, 1.82) is 0 Å². The summed E-state index contributed by atoms with van der Waals surface area (Å²) in [5.74, 6) is 0.559. The molecule has 0 saturated heterocycles. The minimum Gasteiger partial charge on any atom is -0.486 e. The lowest BCUT2D eigenvalue weighted by Crippen LogP contribution is -2.35. The molecule has 1 atom stereocenters. The number of nitrogens with one attached hydrogen (secondary N) is 2. The van der Waals surface area contributed by atoms with Crippen LogP contribution in [0.15, 0.2) is 48.5 Å². The van der Waals surface area contributed by atoms with Crippen LogP contribution in [0.3, 0.4) is 0 Å². The molecule has 1 unspecified atom stereocenters. The molecule has 1 aromatic heterocycles. The zero-order valence-corrected chi connectivity index (χ0v) is 18.7. The Balaban J connectivity index is 1.58. The van der Waals surface area contributed by atoms with Gasteiger partial charge in [-0.25, -0.2) is 4.79 Å². The number of halogens is 4. The van der Waals surface area contributed by atoms with Crippen molar-refractivity contribution < 1.29 is 22.7 Å². The third-order valence-electron chi connectivity index (χ3n) is 4.41. The van der Waals surface area contributed by atoms with Crippen LogP contribution in [0.4, 0.5) is 23.1 Å². The monoisotopic (exact) mass is 484 g/mol. The molecule has 0 saturated carbocycles. The molecule has 0 aliphatic carbocycles. The highest BCUT2D eigenvalue weighted by molar-refractivity contribution is 7.15. The van der Waals surface area contributed by atoms with Crippen molar-refractivity contribution in [3.05, 3.63) is 69.7 Å². The first-order chi connectivity index (χ1) is 15.1. The maximum Gasteiger partial charge on any atom is 0.416 e. The van der Waals surface area contributed by atoms with Crippen LogP contribution in [0, 0.1) is 5.92 Å². The van der Waals surface area contributed by atoms with Gasteiger partial charge in [-0.05, 0) is 47.9 Å². The molecule has 170 valence electrons. The van der Waals surface area contributed by atoms with Crippen LogP contribution in [-0.4, -0.2) is 16.2 Å². The minimum absolute atomic E-state index is 0.0600. The van der Waals surface area contributed by atoms with Crippen LogP contribution >= 0.6 is 22.9 Å². The summed E-state index contributed by atoms with van der Waals surface area (Å²) >= 11 is 6.98. The number of anilines is 1. The number of benzene rings is 2. The Hall–Kier alpha value is -2.85. The summed E-state index contributed by atoms with van der Waals surface area (Å²) in [7, 11) is 0. The van der Waals surface area contributed by atoms with Gasteiger partial charge in [-0.3, -0.25) is 5.32 Å². The Morgan fingerprint density at radius 2 is 1.75 bits per heavy atom. The molecule has 0 fully saturated rings. The van der Waals surface area contributed by atoms with E-state index in [-0.39, 0.29) is 17.7 Å². The number of rotatable bonds is 7. The van der Waals surface area contributed by atoms with Crippen LogP contribution in [-0.2, 0) is 12.8 Å². The van der Waals surface area contributed by atoms with Gasteiger partial charge in [0.15, 0.2) is 5.01 Å². The highest BCUT2D eigenvalue weighted by Crippen LogP contribution is 2.31. The lowest BCUT2D eigenvalue weighted by Gasteiger charge is -2.23. The van der Waals surface area contributed by atoms with Crippen LogP contribution in [0.25, 0.3) is 0 Å². The summed E-state index contributed by atoms with van der Waals surface area (Å²) < 4.78 is 44.0. The molecule has 0 radical (unpaired) electrons. The number of hydrogen-bond acceptors (Lipinski definition) is 5. The molecule has 0 bridgehead atoms. The Bertz CT molecular complexity index is 1040. The van der Waals surface area contributed by atoms with Gasteiger partial charge >= 0.3 is 12.2 Å². The molecule has 2 aromatic carbocycles. The van der Waals surface area contributed by atoms with Gasteiger partial charge in [0.25, 0.3) is 0 Å². The number of carbonyl (C=O) groups is 1. The molecule has 3 aromatic rings. The normalized spacial score (nSPS) is 12.5. The number of alkyl halides is 3. The van der Waals surface area contributed by atoms with Gasteiger partial charge in [-0.2, -0.15) is 13.2 Å². The molecule has 32 heavy (non-hydrogen) atoms. The number of aromatic nitrogens is 2. The van der Waals surface area contributed by atoms with E-state index in [1.807, 2.05) is 13.8 Å². The third kappa shape index (κ3) is 6.57. The highest BCUT2D eigenvalue weighted by atomic mass is 35.5. The molecule has 6 nitrogen and oxygen atoms in total. The molecule has 0 aliphatic rings. The summed E-state index contributed by atoms with van der Waals surface area (Å²) in [6, 6.07) is 10.6. The highest BCUT2D eigenvalue weighted by Gasteiger charge is 2.30. The lowest BCUT2D eigenvalue weighted by atomic mass is 9.95. The molecular weight excluding hydrogens is 465 g/mol. The second-order valence-corrected chi connectivity index (χ2v) is 8.68. The van der Waals surface area contributed by atoms with E-state index < -0.39 is 23.8 Å². The van der Waals surface area contributed by atoms with Gasteiger partial charge in [0.05, 0.1) is 11.6 Å². The predicted molar refractivity (Wildman–Crippen MR) is 117 cm³/mol. The number of hydrogen-bond donors (Lipinski definition) is 2. The number of amides is 2. The number of ether oxygens (including phenoxy) is 1. The first-order valence-corrected chi connectivity index (χ1v) is 10.8. The van der Waals surface area contributed by atoms with E-state index >= 15 is 0 Å². The zero-order chi connectivity index (χ0) is 23.3. The topological polar surface area (TPSA) is 76.1 Å². The Morgan fingerprint density at radius 3 is 2.34 bits per heavy atom. The molecule has 2 amide bonds. The number of urea groups is 1. The van der Waals surface area contributed by atoms with E-state index in [1.54, 1.807) is 24.3 Å². The number of nitrogens with zero attached hydrogens (tertiary/aromatic N) is 2. The van der Waals surface area contributed by atoms with Crippen molar-refractivity contribution in [2.24, 2.45) is 5.92 Å². The molecule has 11 heteroatoms. The maximum absolute atomic E-state index is 12.8. The minimum atomic E-state index is -4.41. The Kier molecular flexibility index (Phi) is 7.57. The average Bonchev–Trinajstić information content (AvgIpc) is 3.18. The standard InChI is InChI=1S/C21H20ClF3N4O2S/c1-12(2)18(13-3-5-14(6-4-13)21(23,24)25)26-19(30)27-20-29-28-17(32-20)11-31-16-9-7-15(22)8-10-16/h3-10,12,18H,11H2,1-2H3,(H2,26,27,29,30). The van der Waals surface area contributed by atoms with Crippen molar-refractivity contribution in [3.63, 3.8) is 0 Å². The van der Waals surface area contributed by atoms with Crippen molar-refractivity contribution >= 4 is 34.1 Å². The second kappa shape index (κ2) is 10.2. The fourth-order valence-electron chi connectivity index (χ4n) is 2.83. The van der Waals surface area contributed by atoms with Gasteiger partial charge in [-0.15, -0.1) is 10.2 Å².